The van der Waals surface area contributed by atoms with Crippen LogP contribution < -0.4 is 10.0 Å². The predicted octanol–water partition coefficient (Wildman–Crippen LogP) is 5.56. The summed E-state index contributed by atoms with van der Waals surface area (Å²) in [5.41, 5.74) is -4.63. The predicted molar refractivity (Wildman–Crippen MR) is 195 cm³/mol. The Morgan fingerprint density at radius 1 is 1.10 bits per heavy atom. The van der Waals surface area contributed by atoms with Gasteiger partial charge in [0.2, 0.25) is 15.9 Å². The van der Waals surface area contributed by atoms with E-state index >= 15 is 8.78 Å². The van der Waals surface area contributed by atoms with Gasteiger partial charge in [-0.1, -0.05) is 23.6 Å². The normalized spacial score (nSPS) is 18.5. The summed E-state index contributed by atoms with van der Waals surface area (Å²) in [6.07, 6.45) is -4.82. The van der Waals surface area contributed by atoms with Crippen molar-refractivity contribution in [3.63, 3.8) is 0 Å². The molecule has 1 fully saturated rings. The number of pyridine rings is 1. The third-order valence-electron chi connectivity index (χ3n) is 9.72. The average Bonchev–Trinajstić information content (AvgIpc) is 3.65. The van der Waals surface area contributed by atoms with Gasteiger partial charge in [0.1, 0.15) is 35.2 Å². The maximum Gasteiger partial charge on any atom is 0.435 e. The van der Waals surface area contributed by atoms with E-state index in [1.807, 2.05) is 0 Å². The SMILES string of the molecule is Cn1nc(NS(C)(=O)=O)c2c(Cl)ccc(-c3ccc(C#CC(C)(O)CO)nc3[C@H](Cc3cc(F)cc(F)c3)NC(=O)Cn3nc(C(F)(F)F)c4c3C(F)(F)C3C[C@H]43)c21. The van der Waals surface area contributed by atoms with Crippen LogP contribution in [0, 0.1) is 29.4 Å². The fourth-order valence-corrected chi connectivity index (χ4v) is 8.00. The van der Waals surface area contributed by atoms with Crippen LogP contribution in [0.15, 0.2) is 42.5 Å². The Balaban J connectivity index is 1.40. The Hall–Kier alpha value is -5.23. The highest BCUT2D eigenvalue weighted by Gasteiger charge is 2.68. The van der Waals surface area contributed by atoms with Crippen LogP contribution in [0.3, 0.4) is 0 Å². The number of carbonyl (C=O) groups is 1. The minimum Gasteiger partial charge on any atom is -0.392 e. The van der Waals surface area contributed by atoms with Crippen LogP contribution in [-0.4, -0.2) is 67.5 Å². The van der Waals surface area contributed by atoms with E-state index in [0.29, 0.717) is 10.7 Å². The molecule has 2 unspecified atom stereocenters. The van der Waals surface area contributed by atoms with E-state index < -0.39 is 99.7 Å². The van der Waals surface area contributed by atoms with Gasteiger partial charge in [0, 0.05) is 35.7 Å². The quantitative estimate of drug-likeness (QED) is 0.105. The van der Waals surface area contributed by atoms with E-state index in [1.54, 1.807) is 0 Å². The molecule has 3 aromatic heterocycles. The van der Waals surface area contributed by atoms with Crippen LogP contribution in [0.5, 0.6) is 0 Å². The summed E-state index contributed by atoms with van der Waals surface area (Å²) in [4.78, 5) is 18.5. The number of aliphatic hydroxyl groups is 2. The van der Waals surface area contributed by atoms with E-state index in [9.17, 15) is 45.4 Å². The molecule has 3 heterocycles. The Morgan fingerprint density at radius 3 is 2.41 bits per heavy atom. The van der Waals surface area contributed by atoms with E-state index in [1.165, 1.54) is 42.9 Å². The zero-order valence-electron chi connectivity index (χ0n) is 30.4. The molecule has 2 aliphatic carbocycles. The van der Waals surface area contributed by atoms with Gasteiger partial charge in [0.25, 0.3) is 5.92 Å². The summed E-state index contributed by atoms with van der Waals surface area (Å²) >= 11 is 6.55. The second-order valence-electron chi connectivity index (χ2n) is 14.4. The first-order chi connectivity index (χ1) is 27.0. The van der Waals surface area contributed by atoms with Crippen LogP contribution in [0.2, 0.25) is 5.02 Å². The van der Waals surface area contributed by atoms with E-state index in [4.69, 9.17) is 11.6 Å². The topological polar surface area (TPSA) is 164 Å². The van der Waals surface area contributed by atoms with Crippen molar-refractivity contribution in [1.29, 1.82) is 0 Å². The largest absolute Gasteiger partial charge is 0.435 e. The monoisotopic (exact) mass is 853 g/mol. The molecule has 306 valence electrons. The van der Waals surface area contributed by atoms with Crippen molar-refractivity contribution in [2.24, 2.45) is 13.0 Å². The number of anilines is 1. The van der Waals surface area contributed by atoms with Crippen molar-refractivity contribution < 1.29 is 54.2 Å². The number of aromatic nitrogens is 5. The Bertz CT molecular complexity index is 2670. The van der Waals surface area contributed by atoms with Gasteiger partial charge in [-0.3, -0.25) is 18.9 Å². The van der Waals surface area contributed by atoms with Crippen LogP contribution in [-0.2, 0) is 46.9 Å². The molecule has 0 aliphatic heterocycles. The van der Waals surface area contributed by atoms with Crippen molar-refractivity contribution in [2.45, 2.75) is 56.0 Å². The molecule has 4 atom stereocenters. The second kappa shape index (κ2) is 14.2. The van der Waals surface area contributed by atoms with Gasteiger partial charge < -0.3 is 15.5 Å². The number of alkyl halides is 5. The number of carbonyl (C=O) groups excluding carboxylic acids is 1. The lowest BCUT2D eigenvalue weighted by Crippen LogP contribution is -2.35. The number of nitrogens with zero attached hydrogens (tertiary/aromatic N) is 5. The van der Waals surface area contributed by atoms with Crippen LogP contribution >= 0.6 is 11.6 Å². The molecule has 5 aromatic rings. The molecule has 0 bridgehead atoms. The van der Waals surface area contributed by atoms with Crippen LogP contribution in [0.4, 0.5) is 36.6 Å². The second-order valence-corrected chi connectivity index (χ2v) is 16.6. The third-order valence-corrected chi connectivity index (χ3v) is 10.6. The van der Waals surface area contributed by atoms with Gasteiger partial charge in [-0.15, -0.1) is 0 Å². The minimum atomic E-state index is -5.10. The Labute approximate surface area is 330 Å². The summed E-state index contributed by atoms with van der Waals surface area (Å²) in [5.74, 6) is -4.36. The smallest absolute Gasteiger partial charge is 0.392 e. The molecule has 1 amide bonds. The number of aryl methyl sites for hydroxylation is 1. The van der Waals surface area contributed by atoms with E-state index in [2.05, 4.69) is 37.1 Å². The van der Waals surface area contributed by atoms with Crippen molar-refractivity contribution in [3.8, 4) is 23.0 Å². The fraction of sp³-hybridized carbons (Fsp3) is 0.351. The van der Waals surface area contributed by atoms with Gasteiger partial charge in [0.05, 0.1) is 40.5 Å². The standard InChI is InChI=1S/C37H31ClF7N7O5S/c1-35(55,16-53)9-8-20-4-5-21(22-6-7-25(38)29-31(22)51(2)49-34(29)50-58(3,56)57)30(46-20)26(12-17-10-18(39)13-19(40)11-17)47-27(54)15-52-33-28(32(48-52)37(43,44)45)23-14-24(23)36(33,41)42/h4-7,10-11,13,23-24,26,53,55H,12,14-16H2,1-3H3,(H,47,54)(H,49,50)/t23-,24?,26-,35?/m0/s1. The molecule has 0 radical (unpaired) electrons. The Kier molecular flexibility index (Phi) is 10.1. The van der Waals surface area contributed by atoms with Crippen LogP contribution in [0.1, 0.15) is 59.2 Å². The highest BCUT2D eigenvalue weighted by atomic mass is 35.5. The fourth-order valence-electron chi connectivity index (χ4n) is 7.27. The lowest BCUT2D eigenvalue weighted by molar-refractivity contribution is -0.142. The summed E-state index contributed by atoms with van der Waals surface area (Å²) in [5, 5.41) is 30.4. The van der Waals surface area contributed by atoms with Gasteiger partial charge in [-0.2, -0.15) is 32.1 Å². The third kappa shape index (κ3) is 7.83. The molecule has 58 heavy (non-hydrogen) atoms. The molecule has 7 rings (SSSR count). The summed E-state index contributed by atoms with van der Waals surface area (Å²) in [7, 11) is -2.39. The number of amides is 1. The molecule has 12 nitrogen and oxygen atoms in total. The first-order valence-electron chi connectivity index (χ1n) is 17.3. The number of sulfonamides is 1. The summed E-state index contributed by atoms with van der Waals surface area (Å²) in [6, 6.07) is 6.85. The molecule has 0 saturated heterocycles. The number of hydrogen-bond acceptors (Lipinski definition) is 8. The number of fused-ring (bicyclic) bond motifs is 4. The number of halogens is 8. The molecule has 2 aromatic carbocycles. The molecule has 0 spiro atoms. The summed E-state index contributed by atoms with van der Waals surface area (Å²) in [6.45, 7) is -0.673. The van der Waals surface area contributed by atoms with Crippen molar-refractivity contribution in [2.75, 3.05) is 17.6 Å². The van der Waals surface area contributed by atoms with Gasteiger partial charge >= 0.3 is 6.18 Å². The number of rotatable bonds is 10. The molecule has 1 saturated carbocycles. The molecular weight excluding hydrogens is 823 g/mol. The summed E-state index contributed by atoms with van der Waals surface area (Å²) < 4.78 is 130. The van der Waals surface area contributed by atoms with Gasteiger partial charge in [-0.25, -0.2) is 22.2 Å². The maximum absolute atomic E-state index is 15.4. The minimum absolute atomic E-state index is 0.0392. The number of aliphatic hydroxyl groups excluding tert-OH is 1. The highest BCUT2D eigenvalue weighted by Crippen LogP contribution is 2.68. The van der Waals surface area contributed by atoms with Gasteiger partial charge in [-0.05, 0) is 67.5 Å². The lowest BCUT2D eigenvalue weighted by atomic mass is 9.93. The highest BCUT2D eigenvalue weighted by molar-refractivity contribution is 7.92. The Morgan fingerprint density at radius 2 is 1.78 bits per heavy atom. The first-order valence-corrected chi connectivity index (χ1v) is 19.6. The van der Waals surface area contributed by atoms with Gasteiger partial charge in [0.15, 0.2) is 11.5 Å². The molecular formula is C37H31ClF7N7O5S. The number of nitrogens with one attached hydrogen (secondary N) is 2. The average molecular weight is 854 g/mol. The van der Waals surface area contributed by atoms with Crippen molar-refractivity contribution in [1.82, 2.24) is 29.9 Å². The molecule has 2 aliphatic rings. The zero-order valence-corrected chi connectivity index (χ0v) is 32.0. The number of benzene rings is 2. The first kappa shape index (κ1) is 40.9. The lowest BCUT2D eigenvalue weighted by Gasteiger charge is -2.23. The molecule has 4 N–H and O–H groups in total. The van der Waals surface area contributed by atoms with E-state index in [-0.39, 0.29) is 56.2 Å². The maximum atomic E-state index is 15.4. The van der Waals surface area contributed by atoms with E-state index in [0.717, 1.165) is 18.4 Å². The molecule has 21 heteroatoms. The van der Waals surface area contributed by atoms with Crippen molar-refractivity contribution >= 4 is 44.3 Å². The zero-order chi connectivity index (χ0) is 42.3. The number of hydrogen-bond donors (Lipinski definition) is 4. The van der Waals surface area contributed by atoms with Crippen molar-refractivity contribution in [3.05, 3.63) is 93.0 Å². The van der Waals surface area contributed by atoms with Crippen LogP contribution in [0.25, 0.3) is 22.0 Å².